The van der Waals surface area contributed by atoms with Crippen LogP contribution in [0.15, 0.2) is 0 Å². The van der Waals surface area contributed by atoms with Crippen LogP contribution >= 0.6 is 0 Å². The van der Waals surface area contributed by atoms with E-state index in [0.29, 0.717) is 0 Å². The fourth-order valence-corrected chi connectivity index (χ4v) is 3.32. The van der Waals surface area contributed by atoms with E-state index in [-0.39, 0.29) is 0 Å². The quantitative estimate of drug-likeness (QED) is 0.532. The lowest BCUT2D eigenvalue weighted by Gasteiger charge is -2.32. The molecule has 1 aliphatic rings. The van der Waals surface area contributed by atoms with Crippen molar-refractivity contribution in [3.05, 3.63) is 0 Å². The van der Waals surface area contributed by atoms with Crippen molar-refractivity contribution in [1.29, 1.82) is 0 Å². The highest BCUT2D eigenvalue weighted by atomic mass is 15.1. The Labute approximate surface area is 127 Å². The highest BCUT2D eigenvalue weighted by Crippen LogP contribution is 2.20. The lowest BCUT2D eigenvalue weighted by atomic mass is 9.93. The molecule has 0 atom stereocenters. The van der Waals surface area contributed by atoms with E-state index in [1.165, 1.54) is 96.8 Å². The predicted octanol–water partition coefficient (Wildman–Crippen LogP) is 4.45. The van der Waals surface area contributed by atoms with Crippen LogP contribution < -0.4 is 5.32 Å². The Morgan fingerprint density at radius 3 is 2.10 bits per heavy atom. The number of nitrogens with one attached hydrogen (secondary N) is 1. The summed E-state index contributed by atoms with van der Waals surface area (Å²) in [6, 6.07) is 0. The monoisotopic (exact) mass is 282 g/mol. The third kappa shape index (κ3) is 8.97. The second-order valence-corrected chi connectivity index (χ2v) is 6.65. The van der Waals surface area contributed by atoms with Crippen LogP contribution in [-0.2, 0) is 0 Å². The van der Waals surface area contributed by atoms with E-state index in [1.54, 1.807) is 0 Å². The van der Waals surface area contributed by atoms with E-state index in [9.17, 15) is 0 Å². The molecule has 1 N–H and O–H groups in total. The molecule has 2 nitrogen and oxygen atoms in total. The van der Waals surface area contributed by atoms with Gasteiger partial charge in [0, 0.05) is 0 Å². The van der Waals surface area contributed by atoms with E-state index >= 15 is 0 Å². The summed E-state index contributed by atoms with van der Waals surface area (Å²) < 4.78 is 0. The zero-order valence-electron chi connectivity index (χ0n) is 14.1. The minimum Gasteiger partial charge on any atom is -0.320 e. The smallest absolute Gasteiger partial charge is 0.00161 e. The molecule has 1 fully saturated rings. The third-order valence-electron chi connectivity index (χ3n) is 4.84. The van der Waals surface area contributed by atoms with Crippen LogP contribution in [0.25, 0.3) is 0 Å². The van der Waals surface area contributed by atoms with E-state index in [1.807, 2.05) is 0 Å². The Bertz CT molecular complexity index is 198. The van der Waals surface area contributed by atoms with Crippen molar-refractivity contribution < 1.29 is 0 Å². The third-order valence-corrected chi connectivity index (χ3v) is 4.84. The molecule has 0 radical (unpaired) electrons. The summed E-state index contributed by atoms with van der Waals surface area (Å²) in [7, 11) is 2.07. The first-order chi connectivity index (χ1) is 9.86. The standard InChI is InChI=1S/C18H38N2/c1-3-4-5-6-7-8-9-10-15-20-16-12-18(13-17-20)11-14-19-2/h18-19H,3-17H2,1-2H3. The molecular formula is C18H38N2. The van der Waals surface area contributed by atoms with Gasteiger partial charge in [0.2, 0.25) is 0 Å². The van der Waals surface area contributed by atoms with Crippen molar-refractivity contribution in [3.8, 4) is 0 Å². The summed E-state index contributed by atoms with van der Waals surface area (Å²) >= 11 is 0. The van der Waals surface area contributed by atoms with Gasteiger partial charge >= 0.3 is 0 Å². The molecule has 0 aliphatic carbocycles. The van der Waals surface area contributed by atoms with Crippen molar-refractivity contribution >= 4 is 0 Å². The van der Waals surface area contributed by atoms with Crippen LogP contribution in [-0.4, -0.2) is 38.1 Å². The lowest BCUT2D eigenvalue weighted by molar-refractivity contribution is 0.176. The van der Waals surface area contributed by atoms with Gasteiger partial charge in [-0.25, -0.2) is 0 Å². The summed E-state index contributed by atoms with van der Waals surface area (Å²) in [6.45, 7) is 7.55. The van der Waals surface area contributed by atoms with E-state index in [0.717, 1.165) is 5.92 Å². The van der Waals surface area contributed by atoms with Crippen LogP contribution in [0, 0.1) is 5.92 Å². The molecule has 0 aromatic carbocycles. The molecule has 0 amide bonds. The maximum atomic E-state index is 3.28. The first-order valence-electron chi connectivity index (χ1n) is 9.23. The second kappa shape index (κ2) is 12.6. The summed E-state index contributed by atoms with van der Waals surface area (Å²) in [5.41, 5.74) is 0. The molecule has 2 heteroatoms. The molecule has 1 rings (SSSR count). The van der Waals surface area contributed by atoms with Gasteiger partial charge in [-0.3, -0.25) is 0 Å². The van der Waals surface area contributed by atoms with Crippen LogP contribution in [0.4, 0.5) is 0 Å². The van der Waals surface area contributed by atoms with Gasteiger partial charge in [-0.15, -0.1) is 0 Å². The maximum absolute atomic E-state index is 3.28. The number of piperidine rings is 1. The number of unbranched alkanes of at least 4 members (excludes halogenated alkanes) is 7. The number of nitrogens with zero attached hydrogens (tertiary/aromatic N) is 1. The van der Waals surface area contributed by atoms with Gasteiger partial charge in [0.25, 0.3) is 0 Å². The summed E-state index contributed by atoms with van der Waals surface area (Å²) in [6.07, 6.45) is 15.8. The van der Waals surface area contributed by atoms with Gasteiger partial charge in [0.1, 0.15) is 0 Å². The van der Waals surface area contributed by atoms with Crippen LogP contribution in [0.5, 0.6) is 0 Å². The Morgan fingerprint density at radius 1 is 0.900 bits per heavy atom. The zero-order valence-corrected chi connectivity index (χ0v) is 14.1. The molecule has 0 bridgehead atoms. The summed E-state index contributed by atoms with van der Waals surface area (Å²) in [4.78, 5) is 2.70. The molecule has 0 spiro atoms. The zero-order chi connectivity index (χ0) is 14.5. The van der Waals surface area contributed by atoms with Crippen LogP contribution in [0.2, 0.25) is 0 Å². The van der Waals surface area contributed by atoms with Gasteiger partial charge < -0.3 is 10.2 Å². The largest absolute Gasteiger partial charge is 0.320 e. The number of likely N-dealkylation sites (tertiary alicyclic amines) is 1. The fourth-order valence-electron chi connectivity index (χ4n) is 3.32. The number of hydrogen-bond acceptors (Lipinski definition) is 2. The Morgan fingerprint density at radius 2 is 1.50 bits per heavy atom. The van der Waals surface area contributed by atoms with E-state index in [2.05, 4.69) is 24.2 Å². The number of rotatable bonds is 12. The van der Waals surface area contributed by atoms with Crippen LogP contribution in [0.3, 0.4) is 0 Å². The van der Waals surface area contributed by atoms with E-state index in [4.69, 9.17) is 0 Å². The molecule has 0 aromatic rings. The highest BCUT2D eigenvalue weighted by molar-refractivity contribution is 4.72. The average Bonchev–Trinajstić information content (AvgIpc) is 2.49. The van der Waals surface area contributed by atoms with Crippen LogP contribution in [0.1, 0.15) is 77.6 Å². The molecule has 20 heavy (non-hydrogen) atoms. The van der Waals surface area contributed by atoms with Crippen molar-refractivity contribution in [3.63, 3.8) is 0 Å². The lowest BCUT2D eigenvalue weighted by Crippen LogP contribution is -2.35. The molecular weight excluding hydrogens is 244 g/mol. The van der Waals surface area contributed by atoms with Crippen molar-refractivity contribution in [1.82, 2.24) is 10.2 Å². The molecule has 0 aromatic heterocycles. The Balaban J connectivity index is 1.86. The summed E-state index contributed by atoms with van der Waals surface area (Å²) in [5, 5.41) is 3.28. The van der Waals surface area contributed by atoms with Crippen molar-refractivity contribution in [2.75, 3.05) is 33.2 Å². The molecule has 120 valence electrons. The van der Waals surface area contributed by atoms with Crippen molar-refractivity contribution in [2.24, 2.45) is 5.92 Å². The Kier molecular flexibility index (Phi) is 11.4. The highest BCUT2D eigenvalue weighted by Gasteiger charge is 2.17. The minimum atomic E-state index is 0.984. The molecule has 1 saturated heterocycles. The molecule has 1 aliphatic heterocycles. The van der Waals surface area contributed by atoms with Gasteiger partial charge in [0.05, 0.1) is 0 Å². The van der Waals surface area contributed by atoms with Gasteiger partial charge in [-0.1, -0.05) is 51.9 Å². The first-order valence-corrected chi connectivity index (χ1v) is 9.23. The first kappa shape index (κ1) is 18.0. The fraction of sp³-hybridized carbons (Fsp3) is 1.00. The maximum Gasteiger partial charge on any atom is -0.00161 e. The van der Waals surface area contributed by atoms with E-state index < -0.39 is 0 Å². The Hall–Kier alpha value is -0.0800. The summed E-state index contributed by atoms with van der Waals surface area (Å²) in [5.74, 6) is 0.984. The minimum absolute atomic E-state index is 0.984. The SMILES string of the molecule is CCCCCCCCCCN1CCC(CCNC)CC1. The van der Waals surface area contributed by atoms with Gasteiger partial charge in [-0.2, -0.15) is 0 Å². The molecule has 1 heterocycles. The average molecular weight is 283 g/mol. The van der Waals surface area contributed by atoms with Gasteiger partial charge in [0.15, 0.2) is 0 Å². The number of hydrogen-bond donors (Lipinski definition) is 1. The molecule has 0 unspecified atom stereocenters. The normalized spacial score (nSPS) is 17.7. The second-order valence-electron chi connectivity index (χ2n) is 6.65. The van der Waals surface area contributed by atoms with Crippen molar-refractivity contribution in [2.45, 2.75) is 77.6 Å². The van der Waals surface area contributed by atoms with Gasteiger partial charge in [-0.05, 0) is 64.8 Å². The molecule has 0 saturated carbocycles. The topological polar surface area (TPSA) is 15.3 Å². The predicted molar refractivity (Wildman–Crippen MR) is 90.3 cm³/mol.